The summed E-state index contributed by atoms with van der Waals surface area (Å²) < 4.78 is 26.6. The van der Waals surface area contributed by atoms with E-state index in [2.05, 4.69) is 0 Å². The van der Waals surface area contributed by atoms with Crippen LogP contribution in [0.2, 0.25) is 0 Å². The molecule has 1 aliphatic rings. The van der Waals surface area contributed by atoms with Crippen LogP contribution in [0.25, 0.3) is 0 Å². The van der Waals surface area contributed by atoms with Gasteiger partial charge in [-0.2, -0.15) is 17.0 Å². The van der Waals surface area contributed by atoms with Crippen LogP contribution in [-0.4, -0.2) is 73.9 Å². The Bertz CT molecular complexity index is 648. The van der Waals surface area contributed by atoms with E-state index in [-0.39, 0.29) is 37.6 Å². The average Bonchev–Trinajstić information content (AvgIpc) is 3.06. The molecule has 0 spiro atoms. The second-order valence-corrected chi connectivity index (χ2v) is 8.56. The zero-order chi connectivity index (χ0) is 17.0. The van der Waals surface area contributed by atoms with E-state index in [9.17, 15) is 18.0 Å². The summed E-state index contributed by atoms with van der Waals surface area (Å²) >= 11 is 1.37. The van der Waals surface area contributed by atoms with Gasteiger partial charge in [0.15, 0.2) is 5.78 Å². The third-order valence-electron chi connectivity index (χ3n) is 3.74. The second-order valence-electron chi connectivity index (χ2n) is 5.47. The molecule has 0 bridgehead atoms. The summed E-state index contributed by atoms with van der Waals surface area (Å²) in [6.45, 7) is 1.29. The molecule has 0 saturated carbocycles. The van der Waals surface area contributed by atoms with Crippen LogP contribution in [0.15, 0.2) is 17.5 Å². The van der Waals surface area contributed by atoms with Gasteiger partial charge >= 0.3 is 0 Å². The number of carbonyl (C=O) groups is 2. The van der Waals surface area contributed by atoms with E-state index in [0.717, 1.165) is 0 Å². The Labute approximate surface area is 140 Å². The Morgan fingerprint density at radius 2 is 1.83 bits per heavy atom. The van der Waals surface area contributed by atoms with Crippen molar-refractivity contribution in [2.45, 2.75) is 12.8 Å². The number of piperazine rings is 1. The molecule has 1 aromatic heterocycles. The molecule has 0 unspecified atom stereocenters. The van der Waals surface area contributed by atoms with Crippen LogP contribution in [0.1, 0.15) is 22.5 Å². The lowest BCUT2D eigenvalue weighted by Gasteiger charge is -2.35. The van der Waals surface area contributed by atoms with Gasteiger partial charge in [0.25, 0.3) is 10.2 Å². The summed E-state index contributed by atoms with van der Waals surface area (Å²) in [6.07, 6.45) is 0.354. The van der Waals surface area contributed by atoms with E-state index in [1.54, 1.807) is 11.0 Å². The maximum Gasteiger partial charge on any atom is 0.281 e. The Morgan fingerprint density at radius 1 is 1.17 bits per heavy atom. The fourth-order valence-corrected chi connectivity index (χ4v) is 4.12. The Balaban J connectivity index is 1.81. The summed E-state index contributed by atoms with van der Waals surface area (Å²) in [5.74, 6) is -0.126. The van der Waals surface area contributed by atoms with Crippen LogP contribution < -0.4 is 0 Å². The molecule has 1 amide bonds. The van der Waals surface area contributed by atoms with Gasteiger partial charge in [0.05, 0.1) is 4.88 Å². The fraction of sp³-hybridized carbons (Fsp3) is 0.571. The van der Waals surface area contributed by atoms with Gasteiger partial charge < -0.3 is 4.90 Å². The third-order valence-corrected chi connectivity index (χ3v) is 6.59. The van der Waals surface area contributed by atoms with E-state index < -0.39 is 10.2 Å². The van der Waals surface area contributed by atoms with Gasteiger partial charge in [-0.3, -0.25) is 9.59 Å². The molecule has 7 nitrogen and oxygen atoms in total. The molecule has 1 fully saturated rings. The van der Waals surface area contributed by atoms with Crippen molar-refractivity contribution >= 4 is 33.2 Å². The van der Waals surface area contributed by atoms with Crippen molar-refractivity contribution < 1.29 is 18.0 Å². The van der Waals surface area contributed by atoms with Gasteiger partial charge in [-0.25, -0.2) is 0 Å². The minimum atomic E-state index is -3.43. The van der Waals surface area contributed by atoms with E-state index in [1.807, 2.05) is 11.4 Å². The van der Waals surface area contributed by atoms with Gasteiger partial charge in [0.2, 0.25) is 5.91 Å². The van der Waals surface area contributed by atoms with Crippen molar-refractivity contribution in [3.05, 3.63) is 22.4 Å². The molecule has 0 atom stereocenters. The molecule has 0 aromatic carbocycles. The standard InChI is InChI=1S/C14H21N3O4S2/c1-15(2)23(20,21)17-9-7-16(8-10-17)14(19)6-5-12(18)13-4-3-11-22-13/h3-4,11H,5-10H2,1-2H3. The third kappa shape index (κ3) is 4.37. The molecule has 0 N–H and O–H groups in total. The number of rotatable bonds is 6. The number of ketones is 1. The molecule has 9 heteroatoms. The normalized spacial score (nSPS) is 16.7. The number of hydrogen-bond donors (Lipinski definition) is 0. The highest BCUT2D eigenvalue weighted by atomic mass is 32.2. The minimum absolute atomic E-state index is 0.0258. The van der Waals surface area contributed by atoms with E-state index in [0.29, 0.717) is 18.0 Å². The van der Waals surface area contributed by atoms with E-state index >= 15 is 0 Å². The monoisotopic (exact) mass is 359 g/mol. The predicted molar refractivity (Wildman–Crippen MR) is 88.6 cm³/mol. The zero-order valence-corrected chi connectivity index (χ0v) is 14.9. The van der Waals surface area contributed by atoms with Crippen molar-refractivity contribution in [2.75, 3.05) is 40.3 Å². The van der Waals surface area contributed by atoms with Crippen LogP contribution in [0.3, 0.4) is 0 Å². The molecule has 128 valence electrons. The average molecular weight is 359 g/mol. The van der Waals surface area contributed by atoms with Crippen molar-refractivity contribution in [2.24, 2.45) is 0 Å². The second kappa shape index (κ2) is 7.52. The lowest BCUT2D eigenvalue weighted by Crippen LogP contribution is -2.53. The summed E-state index contributed by atoms with van der Waals surface area (Å²) in [5.41, 5.74) is 0. The Kier molecular flexibility index (Phi) is 5.90. The highest BCUT2D eigenvalue weighted by molar-refractivity contribution is 7.86. The van der Waals surface area contributed by atoms with Gasteiger partial charge in [-0.1, -0.05) is 6.07 Å². The number of hydrogen-bond acceptors (Lipinski definition) is 5. The van der Waals surface area contributed by atoms with Crippen LogP contribution >= 0.6 is 11.3 Å². The lowest BCUT2D eigenvalue weighted by molar-refractivity contribution is -0.132. The maximum absolute atomic E-state index is 12.2. The highest BCUT2D eigenvalue weighted by Gasteiger charge is 2.30. The number of Topliss-reactive ketones (excluding diaryl/α,β-unsaturated/α-hetero) is 1. The first kappa shape index (κ1) is 18.1. The summed E-state index contributed by atoms with van der Waals surface area (Å²) in [4.78, 5) is 26.4. The van der Waals surface area contributed by atoms with Gasteiger partial charge in [-0.05, 0) is 11.4 Å². The molecule has 2 rings (SSSR count). The Hall–Kier alpha value is -1.29. The first-order chi connectivity index (χ1) is 10.8. The zero-order valence-electron chi connectivity index (χ0n) is 13.3. The van der Waals surface area contributed by atoms with E-state index in [4.69, 9.17) is 0 Å². The van der Waals surface area contributed by atoms with Crippen LogP contribution in [0, 0.1) is 0 Å². The largest absolute Gasteiger partial charge is 0.340 e. The first-order valence-corrected chi connectivity index (χ1v) is 9.62. The molecule has 23 heavy (non-hydrogen) atoms. The smallest absolute Gasteiger partial charge is 0.281 e. The number of thiophene rings is 1. The number of nitrogens with zero attached hydrogens (tertiary/aromatic N) is 3. The molecule has 0 aliphatic carbocycles. The number of carbonyl (C=O) groups excluding carboxylic acids is 2. The Morgan fingerprint density at radius 3 is 2.35 bits per heavy atom. The fourth-order valence-electron chi connectivity index (χ4n) is 2.34. The summed E-state index contributed by atoms with van der Waals surface area (Å²) in [6, 6.07) is 3.56. The molecule has 2 heterocycles. The topological polar surface area (TPSA) is 78.0 Å². The quantitative estimate of drug-likeness (QED) is 0.699. The molecule has 0 radical (unpaired) electrons. The molecule has 1 aromatic rings. The highest BCUT2D eigenvalue weighted by Crippen LogP contribution is 2.14. The molecule has 1 aliphatic heterocycles. The SMILES string of the molecule is CN(C)S(=O)(=O)N1CCN(C(=O)CCC(=O)c2cccs2)CC1. The maximum atomic E-state index is 12.2. The van der Waals surface area contributed by atoms with Crippen molar-refractivity contribution in [1.82, 2.24) is 13.5 Å². The summed E-state index contributed by atoms with van der Waals surface area (Å²) in [5, 5.41) is 1.83. The minimum Gasteiger partial charge on any atom is -0.340 e. The predicted octanol–water partition coefficient (Wildman–Crippen LogP) is 0.662. The number of amides is 1. The van der Waals surface area contributed by atoms with Gasteiger partial charge in [0, 0.05) is 53.1 Å². The molecular weight excluding hydrogens is 338 g/mol. The lowest BCUT2D eigenvalue weighted by atomic mass is 10.1. The van der Waals surface area contributed by atoms with Gasteiger partial charge in [0.1, 0.15) is 0 Å². The van der Waals surface area contributed by atoms with Gasteiger partial charge in [-0.15, -0.1) is 11.3 Å². The molecule has 1 saturated heterocycles. The first-order valence-electron chi connectivity index (χ1n) is 7.34. The van der Waals surface area contributed by atoms with Crippen LogP contribution in [0.5, 0.6) is 0 Å². The molecular formula is C14H21N3O4S2. The van der Waals surface area contributed by atoms with Crippen LogP contribution in [-0.2, 0) is 15.0 Å². The van der Waals surface area contributed by atoms with Crippen molar-refractivity contribution in [1.29, 1.82) is 0 Å². The van der Waals surface area contributed by atoms with Crippen molar-refractivity contribution in [3.63, 3.8) is 0 Å². The van der Waals surface area contributed by atoms with Crippen LogP contribution in [0.4, 0.5) is 0 Å². The van der Waals surface area contributed by atoms with Crippen molar-refractivity contribution in [3.8, 4) is 0 Å². The van der Waals surface area contributed by atoms with E-state index in [1.165, 1.54) is 34.0 Å². The summed E-state index contributed by atoms with van der Waals surface area (Å²) in [7, 11) is -0.450.